The van der Waals surface area contributed by atoms with Crippen LogP contribution in [0, 0.1) is 0 Å². The number of aromatic nitrogens is 1. The number of nitrogens with zero attached hydrogens (tertiary/aromatic N) is 1. The van der Waals surface area contributed by atoms with E-state index in [4.69, 9.17) is 4.74 Å². The smallest absolute Gasteiger partial charge is 0.338 e. The summed E-state index contributed by atoms with van der Waals surface area (Å²) in [7, 11) is 0. The van der Waals surface area contributed by atoms with Gasteiger partial charge in [0, 0.05) is 23.5 Å². The summed E-state index contributed by atoms with van der Waals surface area (Å²) in [5, 5.41) is 33.1. The van der Waals surface area contributed by atoms with Crippen molar-refractivity contribution >= 4 is 16.9 Å². The molecular formula is C31H35NO5. The summed E-state index contributed by atoms with van der Waals surface area (Å²) >= 11 is 0. The number of aliphatic hydroxyl groups is 1. The Morgan fingerprint density at radius 3 is 2.38 bits per heavy atom. The summed E-state index contributed by atoms with van der Waals surface area (Å²) in [6.07, 6.45) is 5.07. The van der Waals surface area contributed by atoms with Crippen LogP contribution in [0.4, 0.5) is 0 Å². The molecule has 0 aliphatic carbocycles. The first-order chi connectivity index (χ1) is 17.9. The van der Waals surface area contributed by atoms with Gasteiger partial charge in [-0.25, -0.2) is 4.79 Å². The predicted molar refractivity (Wildman–Crippen MR) is 145 cm³/mol. The number of aryl methyl sites for hydroxylation is 2. The molecule has 1 unspecified atom stereocenters. The lowest BCUT2D eigenvalue weighted by Gasteiger charge is -2.12. The van der Waals surface area contributed by atoms with Crippen LogP contribution < -0.4 is 0 Å². The van der Waals surface area contributed by atoms with Gasteiger partial charge in [0.1, 0.15) is 18.1 Å². The van der Waals surface area contributed by atoms with E-state index in [-0.39, 0.29) is 24.7 Å². The Kier molecular flexibility index (Phi) is 8.51. The summed E-state index contributed by atoms with van der Waals surface area (Å²) in [4.78, 5) is 12.3. The highest BCUT2D eigenvalue weighted by Gasteiger charge is 2.18. The summed E-state index contributed by atoms with van der Waals surface area (Å²) in [6.45, 7) is 4.37. The molecule has 3 aromatic carbocycles. The number of rotatable bonds is 11. The van der Waals surface area contributed by atoms with Gasteiger partial charge in [0.15, 0.2) is 0 Å². The number of aliphatic hydroxyl groups excluding tert-OH is 1. The van der Waals surface area contributed by atoms with Crippen LogP contribution in [0.25, 0.3) is 10.9 Å². The molecule has 0 saturated heterocycles. The van der Waals surface area contributed by atoms with E-state index in [9.17, 15) is 20.1 Å². The van der Waals surface area contributed by atoms with E-state index in [1.807, 2.05) is 22.9 Å². The number of fused-ring (bicyclic) bond motifs is 1. The zero-order valence-electron chi connectivity index (χ0n) is 21.5. The molecule has 1 heterocycles. The molecule has 0 fully saturated rings. The Morgan fingerprint density at radius 1 is 0.973 bits per heavy atom. The molecule has 0 aliphatic rings. The van der Waals surface area contributed by atoms with E-state index in [0.717, 1.165) is 47.7 Å². The van der Waals surface area contributed by atoms with Gasteiger partial charge in [-0.1, -0.05) is 44.5 Å². The fourth-order valence-corrected chi connectivity index (χ4v) is 4.63. The molecule has 0 amide bonds. The number of aromatic hydroxyl groups is 2. The molecule has 4 aromatic rings. The van der Waals surface area contributed by atoms with Gasteiger partial charge in [-0.15, -0.1) is 0 Å². The monoisotopic (exact) mass is 501 g/mol. The molecule has 0 radical (unpaired) electrons. The average Bonchev–Trinajstić information content (AvgIpc) is 3.24. The Bertz CT molecular complexity index is 1340. The number of carbonyl (C=O) groups excluding carboxylic acids is 1. The number of esters is 1. The van der Waals surface area contributed by atoms with Crippen LogP contribution in [-0.4, -0.2) is 38.6 Å². The predicted octanol–water partition coefficient (Wildman–Crippen LogP) is 5.77. The van der Waals surface area contributed by atoms with Gasteiger partial charge in [0.25, 0.3) is 0 Å². The van der Waals surface area contributed by atoms with Crippen LogP contribution in [0.3, 0.4) is 0 Å². The fourth-order valence-electron chi connectivity index (χ4n) is 4.63. The van der Waals surface area contributed by atoms with Gasteiger partial charge < -0.3 is 24.6 Å². The van der Waals surface area contributed by atoms with E-state index in [2.05, 4.69) is 26.0 Å². The first kappa shape index (κ1) is 26.3. The summed E-state index contributed by atoms with van der Waals surface area (Å²) < 4.78 is 7.31. The van der Waals surface area contributed by atoms with Gasteiger partial charge in [-0.05, 0) is 72.4 Å². The Balaban J connectivity index is 1.56. The SMILES string of the molecule is CCCCc1cc(O)c(Cn2cc(CC(O)COC(=O)c3ccccc3)c3cc(CC)ccc32)c(O)c1. The highest BCUT2D eigenvalue weighted by atomic mass is 16.5. The third kappa shape index (κ3) is 6.33. The van der Waals surface area contributed by atoms with Gasteiger partial charge in [0.05, 0.1) is 23.8 Å². The van der Waals surface area contributed by atoms with E-state index in [1.54, 1.807) is 36.4 Å². The zero-order valence-corrected chi connectivity index (χ0v) is 21.5. The number of phenolic OH excluding ortho intramolecular Hbond substituents is 2. The van der Waals surface area contributed by atoms with Crippen LogP contribution in [0.15, 0.2) is 66.9 Å². The first-order valence-corrected chi connectivity index (χ1v) is 12.9. The van der Waals surface area contributed by atoms with E-state index in [1.165, 1.54) is 5.56 Å². The molecule has 194 valence electrons. The average molecular weight is 502 g/mol. The Morgan fingerprint density at radius 2 is 1.70 bits per heavy atom. The first-order valence-electron chi connectivity index (χ1n) is 12.9. The number of phenols is 2. The maximum absolute atomic E-state index is 12.3. The lowest BCUT2D eigenvalue weighted by atomic mass is 10.0. The number of carbonyl (C=O) groups is 1. The summed E-state index contributed by atoms with van der Waals surface area (Å²) in [6, 6.07) is 18.4. The molecule has 0 aliphatic heterocycles. The van der Waals surface area contributed by atoms with Crippen LogP contribution in [0.2, 0.25) is 0 Å². The number of benzene rings is 3. The van der Waals surface area contributed by atoms with Gasteiger partial charge in [0.2, 0.25) is 0 Å². The fraction of sp³-hybridized carbons (Fsp3) is 0.323. The van der Waals surface area contributed by atoms with Crippen LogP contribution in [0.1, 0.15) is 59.3 Å². The normalized spacial score (nSPS) is 12.1. The number of unbranched alkanes of at least 4 members (excludes halogenated alkanes) is 1. The lowest BCUT2D eigenvalue weighted by molar-refractivity contribution is 0.0259. The quantitative estimate of drug-likeness (QED) is 0.227. The molecular weight excluding hydrogens is 466 g/mol. The van der Waals surface area contributed by atoms with E-state index in [0.29, 0.717) is 17.5 Å². The molecule has 6 heteroatoms. The molecule has 0 saturated carbocycles. The maximum atomic E-state index is 12.3. The van der Waals surface area contributed by atoms with E-state index >= 15 is 0 Å². The molecule has 37 heavy (non-hydrogen) atoms. The van der Waals surface area contributed by atoms with Crippen LogP contribution in [-0.2, 0) is 30.5 Å². The molecule has 4 rings (SSSR count). The number of hydrogen-bond acceptors (Lipinski definition) is 5. The highest BCUT2D eigenvalue weighted by molar-refractivity contribution is 5.89. The van der Waals surface area contributed by atoms with Gasteiger partial charge in [-0.3, -0.25) is 0 Å². The standard InChI is InChI=1S/C31H35NO5/c1-3-5-9-22-15-29(34)27(30(35)16-22)19-32-18-24(26-14-21(4-2)12-13-28(26)32)17-25(33)20-37-31(36)23-10-7-6-8-11-23/h6-8,10-16,18,25,33-35H,3-5,9,17,19-20H2,1-2H3. The van der Waals surface area contributed by atoms with Gasteiger partial charge in [-0.2, -0.15) is 0 Å². The van der Waals surface area contributed by atoms with Crippen molar-refractivity contribution in [2.24, 2.45) is 0 Å². The van der Waals surface area contributed by atoms with E-state index < -0.39 is 12.1 Å². The van der Waals surface area contributed by atoms with Gasteiger partial charge >= 0.3 is 5.97 Å². The highest BCUT2D eigenvalue weighted by Crippen LogP contribution is 2.33. The van der Waals surface area contributed by atoms with Crippen molar-refractivity contribution in [3.63, 3.8) is 0 Å². The second kappa shape index (κ2) is 12.0. The third-order valence-electron chi connectivity index (χ3n) is 6.72. The summed E-state index contributed by atoms with van der Waals surface area (Å²) in [5.41, 5.74) is 4.84. The molecule has 0 bridgehead atoms. The number of ether oxygens (including phenoxy) is 1. The minimum atomic E-state index is -0.878. The minimum Gasteiger partial charge on any atom is -0.507 e. The van der Waals surface area contributed by atoms with Crippen molar-refractivity contribution in [1.82, 2.24) is 4.57 Å². The molecule has 6 nitrogen and oxygen atoms in total. The summed E-state index contributed by atoms with van der Waals surface area (Å²) in [5.74, 6) is -0.316. The van der Waals surface area contributed by atoms with Crippen molar-refractivity contribution in [2.45, 2.75) is 58.6 Å². The second-order valence-electron chi connectivity index (χ2n) is 9.53. The largest absolute Gasteiger partial charge is 0.507 e. The second-order valence-corrected chi connectivity index (χ2v) is 9.53. The van der Waals surface area contributed by atoms with Crippen molar-refractivity contribution in [3.8, 4) is 11.5 Å². The lowest BCUT2D eigenvalue weighted by Crippen LogP contribution is -2.21. The maximum Gasteiger partial charge on any atom is 0.338 e. The Hall–Kier alpha value is -3.77. The number of hydrogen-bond donors (Lipinski definition) is 3. The molecule has 1 atom stereocenters. The zero-order chi connectivity index (χ0) is 26.4. The molecule has 1 aromatic heterocycles. The molecule has 3 N–H and O–H groups in total. The molecule has 0 spiro atoms. The topological polar surface area (TPSA) is 91.9 Å². The van der Waals surface area contributed by atoms with Crippen LogP contribution >= 0.6 is 0 Å². The van der Waals surface area contributed by atoms with Crippen molar-refractivity contribution < 1.29 is 24.9 Å². The third-order valence-corrected chi connectivity index (χ3v) is 6.72. The van der Waals surface area contributed by atoms with Crippen molar-refractivity contribution in [3.05, 3.63) is 94.7 Å². The van der Waals surface area contributed by atoms with Crippen LogP contribution in [0.5, 0.6) is 11.5 Å². The van der Waals surface area contributed by atoms with Crippen molar-refractivity contribution in [1.29, 1.82) is 0 Å². The minimum absolute atomic E-state index is 0.0764. The Labute approximate surface area is 217 Å². The van der Waals surface area contributed by atoms with Crippen molar-refractivity contribution in [2.75, 3.05) is 6.61 Å².